The fourth-order valence-electron chi connectivity index (χ4n) is 2.38. The molecule has 0 spiro atoms. The highest BCUT2D eigenvalue weighted by molar-refractivity contribution is 7.99. The van der Waals surface area contributed by atoms with Crippen molar-refractivity contribution >= 4 is 34.7 Å². The summed E-state index contributed by atoms with van der Waals surface area (Å²) in [7, 11) is 1.93. The van der Waals surface area contributed by atoms with E-state index in [0.29, 0.717) is 16.8 Å². The Morgan fingerprint density at radius 3 is 2.65 bits per heavy atom. The third-order valence-electron chi connectivity index (χ3n) is 3.74. The smallest absolute Gasteiger partial charge is 0.257 e. The van der Waals surface area contributed by atoms with E-state index < -0.39 is 0 Å². The molecule has 1 aromatic carbocycles. The van der Waals surface area contributed by atoms with E-state index in [-0.39, 0.29) is 5.25 Å². The maximum Gasteiger partial charge on any atom is 0.257 e. The van der Waals surface area contributed by atoms with Gasteiger partial charge in [0.05, 0.1) is 10.1 Å². The molecule has 0 fully saturated rings. The summed E-state index contributed by atoms with van der Waals surface area (Å²) in [5, 5.41) is 20.3. The Morgan fingerprint density at radius 1 is 1.12 bits per heavy atom. The second-order valence-electron chi connectivity index (χ2n) is 5.55. The summed E-state index contributed by atoms with van der Waals surface area (Å²) in [4.78, 5) is 0.963. The Labute approximate surface area is 163 Å². The molecule has 0 aliphatic rings. The second kappa shape index (κ2) is 7.22. The van der Waals surface area contributed by atoms with Crippen LogP contribution >= 0.6 is 34.7 Å². The molecule has 0 radical (unpaired) electrons. The lowest BCUT2D eigenvalue weighted by atomic mass is 10.2. The first kappa shape index (κ1) is 17.3. The number of aromatic nitrogens is 5. The number of hydrogen-bond acceptors (Lipinski definition) is 7. The zero-order valence-electron chi connectivity index (χ0n) is 14.0. The van der Waals surface area contributed by atoms with Crippen LogP contribution in [0, 0.1) is 0 Å². The van der Waals surface area contributed by atoms with Gasteiger partial charge in [-0.3, -0.25) is 0 Å². The Morgan fingerprint density at radius 2 is 1.92 bits per heavy atom. The number of thioether (sulfide) groups is 1. The molecular formula is C17H14ClN5OS2. The summed E-state index contributed by atoms with van der Waals surface area (Å²) >= 11 is 9.04. The van der Waals surface area contributed by atoms with Crippen LogP contribution in [-0.2, 0) is 7.05 Å². The number of halogens is 1. The average molecular weight is 404 g/mol. The molecule has 132 valence electrons. The minimum Gasteiger partial charge on any atom is -0.419 e. The van der Waals surface area contributed by atoms with Crippen LogP contribution in [0.1, 0.15) is 18.1 Å². The van der Waals surface area contributed by atoms with Crippen molar-refractivity contribution in [1.82, 2.24) is 25.0 Å². The number of nitrogens with zero attached hydrogens (tertiary/aromatic N) is 5. The van der Waals surface area contributed by atoms with Gasteiger partial charge in [0.15, 0.2) is 11.0 Å². The van der Waals surface area contributed by atoms with Gasteiger partial charge < -0.3 is 8.98 Å². The summed E-state index contributed by atoms with van der Waals surface area (Å²) in [5.41, 5.74) is 0.960. The predicted octanol–water partition coefficient (Wildman–Crippen LogP) is 5.10. The van der Waals surface area contributed by atoms with Gasteiger partial charge in [-0.05, 0) is 42.6 Å². The van der Waals surface area contributed by atoms with E-state index in [2.05, 4.69) is 20.4 Å². The van der Waals surface area contributed by atoms with Gasteiger partial charge in [0, 0.05) is 17.6 Å². The van der Waals surface area contributed by atoms with Crippen molar-refractivity contribution < 1.29 is 4.42 Å². The Hall–Kier alpha value is -2.16. The maximum absolute atomic E-state index is 5.95. The summed E-state index contributed by atoms with van der Waals surface area (Å²) in [6, 6.07) is 11.4. The van der Waals surface area contributed by atoms with Crippen LogP contribution in [0.25, 0.3) is 22.2 Å². The molecule has 26 heavy (non-hydrogen) atoms. The van der Waals surface area contributed by atoms with Gasteiger partial charge in [0.1, 0.15) is 0 Å². The standard InChI is InChI=1S/C17H14ClN5OS2/c1-10(15-20-21-16(24-15)13-4-3-9-25-13)26-17-22-19-14(23(17)2)11-5-7-12(18)8-6-11/h3-10H,1-2H3/t10-/m1/s1. The first-order valence-electron chi connectivity index (χ1n) is 7.81. The number of benzene rings is 1. The van der Waals surface area contributed by atoms with Crippen molar-refractivity contribution in [2.24, 2.45) is 7.05 Å². The average Bonchev–Trinajstić information content (AvgIpc) is 3.37. The van der Waals surface area contributed by atoms with Crippen molar-refractivity contribution in [3.05, 3.63) is 52.7 Å². The van der Waals surface area contributed by atoms with Gasteiger partial charge in [-0.2, -0.15) is 0 Å². The van der Waals surface area contributed by atoms with E-state index in [9.17, 15) is 0 Å². The third-order valence-corrected chi connectivity index (χ3v) is 5.97. The van der Waals surface area contributed by atoms with Gasteiger partial charge in [-0.15, -0.1) is 31.7 Å². The van der Waals surface area contributed by atoms with Gasteiger partial charge >= 0.3 is 0 Å². The number of hydrogen-bond donors (Lipinski definition) is 0. The predicted molar refractivity (Wildman–Crippen MR) is 103 cm³/mol. The second-order valence-corrected chi connectivity index (χ2v) is 8.25. The Kier molecular flexibility index (Phi) is 4.80. The summed E-state index contributed by atoms with van der Waals surface area (Å²) < 4.78 is 7.75. The zero-order chi connectivity index (χ0) is 18.1. The van der Waals surface area contributed by atoms with Gasteiger partial charge in [-0.25, -0.2) is 0 Å². The van der Waals surface area contributed by atoms with Crippen LogP contribution in [0.5, 0.6) is 0 Å². The van der Waals surface area contributed by atoms with Crippen molar-refractivity contribution in [2.45, 2.75) is 17.3 Å². The van der Waals surface area contributed by atoms with E-state index in [4.69, 9.17) is 16.0 Å². The molecule has 0 amide bonds. The summed E-state index contributed by atoms with van der Waals surface area (Å²) in [6.07, 6.45) is 0. The molecule has 0 aliphatic heterocycles. The highest BCUT2D eigenvalue weighted by Gasteiger charge is 2.20. The minimum absolute atomic E-state index is 0.0443. The lowest BCUT2D eigenvalue weighted by Crippen LogP contribution is -1.97. The topological polar surface area (TPSA) is 69.6 Å². The monoisotopic (exact) mass is 403 g/mol. The van der Waals surface area contributed by atoms with Crippen LogP contribution < -0.4 is 0 Å². The summed E-state index contributed by atoms with van der Waals surface area (Å²) in [5.74, 6) is 1.89. The van der Waals surface area contributed by atoms with Crippen LogP contribution in [0.3, 0.4) is 0 Å². The molecule has 0 saturated heterocycles. The van der Waals surface area contributed by atoms with E-state index in [1.54, 1.807) is 11.3 Å². The van der Waals surface area contributed by atoms with E-state index >= 15 is 0 Å². The fourth-order valence-corrected chi connectivity index (χ4v) is 3.99. The molecule has 3 aromatic heterocycles. The third kappa shape index (κ3) is 3.40. The van der Waals surface area contributed by atoms with Gasteiger partial charge in [-0.1, -0.05) is 29.4 Å². The maximum atomic E-state index is 5.95. The highest BCUT2D eigenvalue weighted by atomic mass is 35.5. The quantitative estimate of drug-likeness (QED) is 0.432. The van der Waals surface area contributed by atoms with E-state index in [0.717, 1.165) is 21.4 Å². The van der Waals surface area contributed by atoms with E-state index in [1.807, 2.05) is 60.3 Å². The fraction of sp³-hybridized carbons (Fsp3) is 0.176. The molecule has 0 saturated carbocycles. The number of rotatable bonds is 5. The van der Waals surface area contributed by atoms with Gasteiger partial charge in [0.25, 0.3) is 5.89 Å². The highest BCUT2D eigenvalue weighted by Crippen LogP contribution is 2.35. The van der Waals surface area contributed by atoms with Crippen LogP contribution in [0.15, 0.2) is 51.4 Å². The van der Waals surface area contributed by atoms with Crippen molar-refractivity contribution in [1.29, 1.82) is 0 Å². The van der Waals surface area contributed by atoms with Crippen molar-refractivity contribution in [3.8, 4) is 22.2 Å². The zero-order valence-corrected chi connectivity index (χ0v) is 16.3. The lowest BCUT2D eigenvalue weighted by Gasteiger charge is -2.07. The van der Waals surface area contributed by atoms with Crippen LogP contribution in [0.2, 0.25) is 5.02 Å². The molecule has 1 atom stereocenters. The first-order chi connectivity index (χ1) is 12.6. The van der Waals surface area contributed by atoms with Crippen LogP contribution in [-0.4, -0.2) is 25.0 Å². The SMILES string of the molecule is C[C@@H](Sc1nnc(-c2ccc(Cl)cc2)n1C)c1nnc(-c2cccs2)o1. The molecule has 4 aromatic rings. The normalized spacial score (nSPS) is 12.4. The summed E-state index contributed by atoms with van der Waals surface area (Å²) in [6.45, 7) is 2.01. The molecule has 6 nitrogen and oxygen atoms in total. The first-order valence-corrected chi connectivity index (χ1v) is 9.95. The molecule has 9 heteroatoms. The van der Waals surface area contributed by atoms with Crippen molar-refractivity contribution in [2.75, 3.05) is 0 Å². The molecule has 0 aliphatic carbocycles. The minimum atomic E-state index is -0.0443. The lowest BCUT2D eigenvalue weighted by molar-refractivity contribution is 0.509. The molecule has 0 N–H and O–H groups in total. The van der Waals surface area contributed by atoms with Gasteiger partial charge in [0.2, 0.25) is 5.89 Å². The molecular weight excluding hydrogens is 390 g/mol. The molecule has 0 unspecified atom stereocenters. The Bertz CT molecular complexity index is 1010. The van der Waals surface area contributed by atoms with Crippen LogP contribution in [0.4, 0.5) is 0 Å². The molecule has 0 bridgehead atoms. The van der Waals surface area contributed by atoms with Crippen molar-refractivity contribution in [3.63, 3.8) is 0 Å². The Balaban J connectivity index is 1.53. The largest absolute Gasteiger partial charge is 0.419 e. The number of thiophene rings is 1. The molecule has 4 rings (SSSR count). The molecule has 3 heterocycles. The van der Waals surface area contributed by atoms with E-state index in [1.165, 1.54) is 11.8 Å².